The van der Waals surface area contributed by atoms with Gasteiger partial charge in [0.05, 0.1) is 12.6 Å². The highest BCUT2D eigenvalue weighted by Crippen LogP contribution is 2.19. The number of nitrogens with one attached hydrogen (secondary N) is 2. The van der Waals surface area contributed by atoms with Crippen molar-refractivity contribution in [3.05, 3.63) is 0 Å². The van der Waals surface area contributed by atoms with Crippen molar-refractivity contribution in [3.8, 4) is 0 Å². The minimum atomic E-state index is -1.55. The highest BCUT2D eigenvalue weighted by atomic mass is 16.4. The molecule has 1 aliphatic heterocycles. The average Bonchev–Trinajstić information content (AvgIpc) is 3.30. The number of carbonyl (C=O) groups excluding carboxylic acids is 3. The number of carboxylic acids is 1. The number of amides is 3. The summed E-state index contributed by atoms with van der Waals surface area (Å²) in [5.41, 5.74) is 27.1. The van der Waals surface area contributed by atoms with Crippen molar-refractivity contribution < 1.29 is 29.4 Å². The standard InChI is InChI=1S/C20H38N10O6/c21-11(4-1-7-26-19(22)23)17(34)30-9-3-6-14(30)16(33)28-12(5-2-8-27-20(24)25)15(32)29-13(10-31)18(35)36/h11-14,31H,1-10,21H2,(H,28,33)(H,29,32)(H,35,36)(H4,22,23,26)(H4,24,25,27). The number of hydrogen-bond acceptors (Lipinski definition) is 8. The quantitative estimate of drug-likeness (QED) is 0.0569. The Labute approximate surface area is 208 Å². The lowest BCUT2D eigenvalue weighted by Gasteiger charge is -2.28. The third-order valence-corrected chi connectivity index (χ3v) is 5.50. The normalized spacial score (nSPS) is 17.4. The molecule has 0 aromatic heterocycles. The smallest absolute Gasteiger partial charge is 0.328 e. The van der Waals surface area contributed by atoms with Crippen LogP contribution < -0.4 is 39.3 Å². The lowest BCUT2D eigenvalue weighted by molar-refractivity contribution is -0.144. The van der Waals surface area contributed by atoms with E-state index in [1.807, 2.05) is 0 Å². The van der Waals surface area contributed by atoms with Crippen LogP contribution in [0.15, 0.2) is 9.98 Å². The van der Waals surface area contributed by atoms with Crippen LogP contribution in [0.4, 0.5) is 0 Å². The van der Waals surface area contributed by atoms with E-state index in [2.05, 4.69) is 20.6 Å². The number of aliphatic imine (C=N–C) groups is 2. The van der Waals surface area contributed by atoms with E-state index in [0.29, 0.717) is 45.2 Å². The zero-order chi connectivity index (χ0) is 27.3. The Hall–Kier alpha value is -3.66. The fourth-order valence-electron chi connectivity index (χ4n) is 3.66. The summed E-state index contributed by atoms with van der Waals surface area (Å²) >= 11 is 0. The maximum Gasteiger partial charge on any atom is 0.328 e. The summed E-state index contributed by atoms with van der Waals surface area (Å²) < 4.78 is 0. The molecule has 1 saturated heterocycles. The van der Waals surface area contributed by atoms with Gasteiger partial charge in [-0.05, 0) is 38.5 Å². The van der Waals surface area contributed by atoms with Crippen LogP contribution in [0.5, 0.6) is 0 Å². The lowest BCUT2D eigenvalue weighted by atomic mass is 10.1. The van der Waals surface area contributed by atoms with E-state index in [1.54, 1.807) is 0 Å². The Kier molecular flexibility index (Phi) is 13.0. The molecule has 4 atom stereocenters. The molecule has 36 heavy (non-hydrogen) atoms. The van der Waals surface area contributed by atoms with Gasteiger partial charge in [-0.15, -0.1) is 0 Å². The number of nitrogens with two attached hydrogens (primary N) is 5. The molecule has 16 heteroatoms. The third kappa shape index (κ3) is 10.3. The Bertz CT molecular complexity index is 828. The molecule has 16 nitrogen and oxygen atoms in total. The van der Waals surface area contributed by atoms with Gasteiger partial charge >= 0.3 is 5.97 Å². The molecule has 0 bridgehead atoms. The van der Waals surface area contributed by atoms with Crippen molar-refractivity contribution >= 4 is 35.6 Å². The number of hydrogen-bond donors (Lipinski definition) is 9. The van der Waals surface area contributed by atoms with Crippen LogP contribution in [0.2, 0.25) is 0 Å². The van der Waals surface area contributed by atoms with Gasteiger partial charge in [-0.25, -0.2) is 4.79 Å². The molecule has 3 amide bonds. The summed E-state index contributed by atoms with van der Waals surface area (Å²) in [6, 6.07) is -4.39. The number of nitrogens with zero attached hydrogens (tertiary/aromatic N) is 3. The Morgan fingerprint density at radius 2 is 1.53 bits per heavy atom. The van der Waals surface area contributed by atoms with Crippen molar-refractivity contribution in [2.75, 3.05) is 26.2 Å². The molecular weight excluding hydrogens is 476 g/mol. The number of rotatable bonds is 15. The molecule has 1 rings (SSSR count). The van der Waals surface area contributed by atoms with Gasteiger partial charge in [0.25, 0.3) is 0 Å². The maximum absolute atomic E-state index is 13.1. The number of aliphatic hydroxyl groups is 1. The highest BCUT2D eigenvalue weighted by molar-refractivity contribution is 5.94. The molecular formula is C20H38N10O6. The molecule has 204 valence electrons. The fraction of sp³-hybridized carbons (Fsp3) is 0.700. The molecule has 0 aromatic rings. The van der Waals surface area contributed by atoms with Gasteiger partial charge in [0.15, 0.2) is 11.9 Å². The number of carboxylic acid groups (broad SMARTS) is 1. The first-order chi connectivity index (χ1) is 17.0. The number of carbonyl (C=O) groups is 4. The average molecular weight is 515 g/mol. The number of aliphatic carboxylic acids is 1. The molecule has 0 saturated carbocycles. The van der Waals surface area contributed by atoms with Gasteiger partial charge in [-0.2, -0.15) is 0 Å². The molecule has 0 aliphatic carbocycles. The number of likely N-dealkylation sites (tertiary alicyclic amines) is 1. The van der Waals surface area contributed by atoms with E-state index < -0.39 is 54.5 Å². The molecule has 14 N–H and O–H groups in total. The van der Waals surface area contributed by atoms with E-state index in [-0.39, 0.29) is 24.9 Å². The summed E-state index contributed by atoms with van der Waals surface area (Å²) in [6.45, 7) is -0.0185. The Morgan fingerprint density at radius 3 is 2.06 bits per heavy atom. The maximum atomic E-state index is 13.1. The van der Waals surface area contributed by atoms with Crippen LogP contribution in [0.1, 0.15) is 38.5 Å². The van der Waals surface area contributed by atoms with Crippen LogP contribution in [0.25, 0.3) is 0 Å². The van der Waals surface area contributed by atoms with Crippen LogP contribution in [-0.4, -0.2) is 101 Å². The van der Waals surface area contributed by atoms with Crippen molar-refractivity contribution in [1.29, 1.82) is 0 Å². The van der Waals surface area contributed by atoms with Gasteiger partial charge in [0.1, 0.15) is 18.1 Å². The Balaban J connectivity index is 2.86. The predicted molar refractivity (Wildman–Crippen MR) is 131 cm³/mol. The summed E-state index contributed by atoms with van der Waals surface area (Å²) in [5.74, 6) is -3.42. The minimum absolute atomic E-state index is 0.0586. The van der Waals surface area contributed by atoms with E-state index in [4.69, 9.17) is 33.8 Å². The van der Waals surface area contributed by atoms with Gasteiger partial charge in [0.2, 0.25) is 17.7 Å². The van der Waals surface area contributed by atoms with Crippen molar-refractivity contribution in [2.45, 2.75) is 62.7 Å². The van der Waals surface area contributed by atoms with E-state index in [0.717, 1.165) is 0 Å². The first kappa shape index (κ1) is 30.4. The second-order valence-corrected chi connectivity index (χ2v) is 8.34. The fourth-order valence-corrected chi connectivity index (χ4v) is 3.66. The zero-order valence-electron chi connectivity index (χ0n) is 20.1. The van der Waals surface area contributed by atoms with Gasteiger partial charge in [-0.1, -0.05) is 0 Å². The first-order valence-electron chi connectivity index (χ1n) is 11.6. The largest absolute Gasteiger partial charge is 0.480 e. The van der Waals surface area contributed by atoms with Gasteiger partial charge in [-0.3, -0.25) is 24.4 Å². The summed E-state index contributed by atoms with van der Waals surface area (Å²) in [5, 5.41) is 23.1. The molecule has 1 fully saturated rings. The number of aliphatic hydroxyl groups excluding tert-OH is 1. The van der Waals surface area contributed by atoms with Crippen molar-refractivity contribution in [1.82, 2.24) is 15.5 Å². The molecule has 0 aromatic carbocycles. The van der Waals surface area contributed by atoms with E-state index >= 15 is 0 Å². The van der Waals surface area contributed by atoms with Crippen LogP contribution in [0, 0.1) is 0 Å². The third-order valence-electron chi connectivity index (χ3n) is 5.50. The molecule has 1 aliphatic rings. The van der Waals surface area contributed by atoms with E-state index in [9.17, 15) is 24.3 Å². The SMILES string of the molecule is NC(N)=NCCCC(N)C(=O)N1CCCC1C(=O)NC(CCCN=C(N)N)C(=O)NC(CO)C(=O)O. The summed E-state index contributed by atoms with van der Waals surface area (Å²) in [6.07, 6.45) is 2.10. The zero-order valence-corrected chi connectivity index (χ0v) is 20.1. The van der Waals surface area contributed by atoms with Gasteiger partial charge in [0, 0.05) is 19.6 Å². The van der Waals surface area contributed by atoms with Crippen molar-refractivity contribution in [2.24, 2.45) is 38.7 Å². The highest BCUT2D eigenvalue weighted by Gasteiger charge is 2.37. The first-order valence-corrected chi connectivity index (χ1v) is 11.6. The predicted octanol–water partition coefficient (Wildman–Crippen LogP) is -4.54. The molecule has 0 radical (unpaired) electrons. The topological polar surface area (TPSA) is 291 Å². The van der Waals surface area contributed by atoms with Crippen LogP contribution in [0.3, 0.4) is 0 Å². The minimum Gasteiger partial charge on any atom is -0.480 e. The van der Waals surface area contributed by atoms with Crippen LogP contribution >= 0.6 is 0 Å². The van der Waals surface area contributed by atoms with Gasteiger partial charge < -0.3 is 54.4 Å². The van der Waals surface area contributed by atoms with Crippen molar-refractivity contribution in [3.63, 3.8) is 0 Å². The molecule has 0 spiro atoms. The second-order valence-electron chi connectivity index (χ2n) is 8.34. The van der Waals surface area contributed by atoms with E-state index in [1.165, 1.54) is 4.90 Å². The monoisotopic (exact) mass is 514 g/mol. The molecule has 4 unspecified atom stereocenters. The summed E-state index contributed by atoms with van der Waals surface area (Å²) in [7, 11) is 0. The number of guanidine groups is 2. The lowest BCUT2D eigenvalue weighted by Crippen LogP contribution is -2.57. The van der Waals surface area contributed by atoms with Crippen LogP contribution in [-0.2, 0) is 19.2 Å². The second kappa shape index (κ2) is 15.4. The molecule has 1 heterocycles. The summed E-state index contributed by atoms with van der Waals surface area (Å²) in [4.78, 5) is 58.8. The Morgan fingerprint density at radius 1 is 0.944 bits per heavy atom.